The molecule has 0 bridgehead atoms. The Morgan fingerprint density at radius 2 is 1.46 bits per heavy atom. The summed E-state index contributed by atoms with van der Waals surface area (Å²) in [5.74, 6) is 3.22. The highest BCUT2D eigenvalue weighted by Crippen LogP contribution is 2.35. The SMILES string of the molecule is COCCOc1cc2nc(-c3ccc(Oc4cccc(Cl)c4)cc3)nc(N)c2cc1OCCOC. The van der Waals surface area contributed by atoms with E-state index >= 15 is 0 Å². The van der Waals surface area contributed by atoms with Crippen molar-refractivity contribution in [3.63, 3.8) is 0 Å². The number of halogens is 1. The first-order chi connectivity index (χ1) is 17.1. The van der Waals surface area contributed by atoms with E-state index in [4.69, 9.17) is 46.0 Å². The Bertz CT molecular complexity index is 1280. The van der Waals surface area contributed by atoms with Crippen LogP contribution in [0.2, 0.25) is 5.02 Å². The molecule has 1 heterocycles. The summed E-state index contributed by atoms with van der Waals surface area (Å²) >= 11 is 6.03. The molecule has 182 valence electrons. The fraction of sp³-hybridized carbons (Fsp3) is 0.231. The van der Waals surface area contributed by atoms with Gasteiger partial charge in [-0.05, 0) is 48.5 Å². The first kappa shape index (κ1) is 24.5. The minimum Gasteiger partial charge on any atom is -0.487 e. The van der Waals surface area contributed by atoms with Gasteiger partial charge in [0.25, 0.3) is 0 Å². The number of methoxy groups -OCH3 is 2. The van der Waals surface area contributed by atoms with Crippen molar-refractivity contribution in [2.75, 3.05) is 46.4 Å². The van der Waals surface area contributed by atoms with Crippen LogP contribution < -0.4 is 19.9 Å². The number of hydrogen-bond donors (Lipinski definition) is 1. The summed E-state index contributed by atoms with van der Waals surface area (Å²) in [6, 6.07) is 18.2. The molecule has 4 aromatic rings. The highest BCUT2D eigenvalue weighted by atomic mass is 35.5. The first-order valence-electron chi connectivity index (χ1n) is 11.0. The third-order valence-corrected chi connectivity index (χ3v) is 5.26. The van der Waals surface area contributed by atoms with Crippen LogP contribution in [0.5, 0.6) is 23.0 Å². The molecule has 0 amide bonds. The minimum atomic E-state index is 0.337. The summed E-state index contributed by atoms with van der Waals surface area (Å²) in [5.41, 5.74) is 7.74. The molecular weight excluding hydrogens is 470 g/mol. The lowest BCUT2D eigenvalue weighted by Gasteiger charge is -2.15. The zero-order chi connectivity index (χ0) is 24.6. The van der Waals surface area contributed by atoms with Gasteiger partial charge in [-0.25, -0.2) is 9.97 Å². The lowest BCUT2D eigenvalue weighted by atomic mass is 10.1. The van der Waals surface area contributed by atoms with Crippen LogP contribution in [-0.2, 0) is 9.47 Å². The van der Waals surface area contributed by atoms with Crippen LogP contribution in [0.3, 0.4) is 0 Å². The van der Waals surface area contributed by atoms with Crippen LogP contribution in [-0.4, -0.2) is 50.6 Å². The lowest BCUT2D eigenvalue weighted by Crippen LogP contribution is -2.09. The maximum absolute atomic E-state index is 6.31. The van der Waals surface area contributed by atoms with E-state index in [0.29, 0.717) is 77.0 Å². The summed E-state index contributed by atoms with van der Waals surface area (Å²) in [6.07, 6.45) is 0. The van der Waals surface area contributed by atoms with E-state index in [0.717, 1.165) is 5.56 Å². The maximum Gasteiger partial charge on any atom is 0.163 e. The van der Waals surface area contributed by atoms with E-state index < -0.39 is 0 Å². The van der Waals surface area contributed by atoms with Gasteiger partial charge in [0.1, 0.15) is 30.5 Å². The summed E-state index contributed by atoms with van der Waals surface area (Å²) < 4.78 is 27.7. The van der Waals surface area contributed by atoms with Gasteiger partial charge in [-0.2, -0.15) is 0 Å². The molecule has 0 fully saturated rings. The third kappa shape index (κ3) is 6.30. The molecule has 0 radical (unpaired) electrons. The Labute approximate surface area is 208 Å². The summed E-state index contributed by atoms with van der Waals surface area (Å²) in [7, 11) is 3.23. The molecule has 0 aliphatic carbocycles. The van der Waals surface area contributed by atoms with E-state index in [1.807, 2.05) is 36.4 Å². The van der Waals surface area contributed by atoms with E-state index in [2.05, 4.69) is 4.98 Å². The molecule has 0 aliphatic rings. The molecule has 4 rings (SSSR count). The number of benzene rings is 3. The van der Waals surface area contributed by atoms with Crippen molar-refractivity contribution >= 4 is 28.3 Å². The molecule has 0 saturated heterocycles. The van der Waals surface area contributed by atoms with Gasteiger partial charge in [0, 0.05) is 36.3 Å². The number of nitrogens with zero attached hydrogens (tertiary/aromatic N) is 2. The number of nitrogens with two attached hydrogens (primary N) is 1. The molecule has 0 atom stereocenters. The average molecular weight is 496 g/mol. The van der Waals surface area contributed by atoms with Crippen molar-refractivity contribution in [1.29, 1.82) is 0 Å². The van der Waals surface area contributed by atoms with Gasteiger partial charge >= 0.3 is 0 Å². The second kappa shape index (κ2) is 11.7. The van der Waals surface area contributed by atoms with Gasteiger partial charge in [0.05, 0.1) is 18.7 Å². The predicted octanol–water partition coefficient (Wildman–Crippen LogP) is 5.38. The molecule has 9 heteroatoms. The van der Waals surface area contributed by atoms with Gasteiger partial charge in [-0.15, -0.1) is 0 Å². The molecule has 1 aromatic heterocycles. The average Bonchev–Trinajstić information content (AvgIpc) is 2.85. The molecule has 8 nitrogen and oxygen atoms in total. The van der Waals surface area contributed by atoms with E-state index in [9.17, 15) is 0 Å². The van der Waals surface area contributed by atoms with Crippen molar-refractivity contribution in [2.24, 2.45) is 0 Å². The quantitative estimate of drug-likeness (QED) is 0.277. The molecule has 0 saturated carbocycles. The summed E-state index contributed by atoms with van der Waals surface area (Å²) in [5, 5.41) is 1.28. The molecule has 3 aromatic carbocycles. The topological polar surface area (TPSA) is 98.0 Å². The molecule has 0 unspecified atom stereocenters. The van der Waals surface area contributed by atoms with Gasteiger partial charge in [-0.3, -0.25) is 0 Å². The number of hydrogen-bond acceptors (Lipinski definition) is 8. The van der Waals surface area contributed by atoms with Crippen LogP contribution >= 0.6 is 11.6 Å². The number of ether oxygens (including phenoxy) is 5. The number of aromatic nitrogens is 2. The van der Waals surface area contributed by atoms with Crippen molar-refractivity contribution in [2.45, 2.75) is 0 Å². The van der Waals surface area contributed by atoms with Crippen LogP contribution in [0.15, 0.2) is 60.7 Å². The number of anilines is 1. The van der Waals surface area contributed by atoms with Crippen LogP contribution in [0.1, 0.15) is 0 Å². The fourth-order valence-corrected chi connectivity index (χ4v) is 3.50. The standard InChI is InChI=1S/C26H26ClN3O5/c1-31-10-12-33-23-15-21-22(16-24(23)34-13-11-32-2)29-26(30-25(21)28)17-6-8-19(9-7-17)35-20-5-3-4-18(27)14-20/h3-9,14-16H,10-13H2,1-2H3,(H2,28,29,30). The number of nitrogen functional groups attached to an aromatic ring is 1. The van der Waals surface area contributed by atoms with Crippen molar-refractivity contribution < 1.29 is 23.7 Å². The zero-order valence-corrected chi connectivity index (χ0v) is 20.2. The monoisotopic (exact) mass is 495 g/mol. The predicted molar refractivity (Wildman–Crippen MR) is 136 cm³/mol. The van der Waals surface area contributed by atoms with Crippen LogP contribution in [0.4, 0.5) is 5.82 Å². The Morgan fingerprint density at radius 3 is 2.11 bits per heavy atom. The highest BCUT2D eigenvalue weighted by molar-refractivity contribution is 6.30. The van der Waals surface area contributed by atoms with Crippen LogP contribution in [0.25, 0.3) is 22.3 Å². The van der Waals surface area contributed by atoms with Crippen molar-refractivity contribution in [1.82, 2.24) is 9.97 Å². The minimum absolute atomic E-state index is 0.337. The maximum atomic E-state index is 6.31. The van der Waals surface area contributed by atoms with Gasteiger partial charge in [0.2, 0.25) is 0 Å². The molecule has 0 spiro atoms. The normalized spacial score (nSPS) is 10.9. The Morgan fingerprint density at radius 1 is 0.771 bits per heavy atom. The second-order valence-corrected chi connectivity index (χ2v) is 7.95. The highest BCUT2D eigenvalue weighted by Gasteiger charge is 2.14. The smallest absolute Gasteiger partial charge is 0.163 e. The summed E-state index contributed by atoms with van der Waals surface area (Å²) in [4.78, 5) is 9.22. The summed E-state index contributed by atoms with van der Waals surface area (Å²) in [6.45, 7) is 1.61. The number of rotatable bonds is 11. The molecular formula is C26H26ClN3O5. The van der Waals surface area contributed by atoms with Gasteiger partial charge in [-0.1, -0.05) is 17.7 Å². The Kier molecular flexibility index (Phi) is 8.20. The van der Waals surface area contributed by atoms with Crippen molar-refractivity contribution in [3.05, 3.63) is 65.7 Å². The van der Waals surface area contributed by atoms with Gasteiger partial charge in [0.15, 0.2) is 17.3 Å². The van der Waals surface area contributed by atoms with Gasteiger partial charge < -0.3 is 29.4 Å². The van der Waals surface area contributed by atoms with E-state index in [1.165, 1.54) is 0 Å². The fourth-order valence-electron chi connectivity index (χ4n) is 3.32. The Hall–Kier alpha value is -3.59. The molecule has 0 aliphatic heterocycles. The third-order valence-electron chi connectivity index (χ3n) is 5.03. The molecule has 2 N–H and O–H groups in total. The largest absolute Gasteiger partial charge is 0.487 e. The Balaban J connectivity index is 1.62. The van der Waals surface area contributed by atoms with Crippen LogP contribution in [0, 0.1) is 0 Å². The second-order valence-electron chi connectivity index (χ2n) is 7.51. The van der Waals surface area contributed by atoms with E-state index in [1.54, 1.807) is 38.5 Å². The lowest BCUT2D eigenvalue weighted by molar-refractivity contribution is 0.132. The first-order valence-corrected chi connectivity index (χ1v) is 11.3. The molecule has 35 heavy (non-hydrogen) atoms. The number of fused-ring (bicyclic) bond motifs is 1. The zero-order valence-electron chi connectivity index (χ0n) is 19.5. The van der Waals surface area contributed by atoms with Crippen molar-refractivity contribution in [3.8, 4) is 34.4 Å². The van der Waals surface area contributed by atoms with E-state index in [-0.39, 0.29) is 0 Å².